The van der Waals surface area contributed by atoms with E-state index in [4.69, 9.17) is 5.73 Å². The number of hydrogen-bond donors (Lipinski definition) is 4. The molecule has 1 fully saturated rings. The fourth-order valence-electron chi connectivity index (χ4n) is 3.84. The first-order chi connectivity index (χ1) is 13.0. The highest BCUT2D eigenvalue weighted by Crippen LogP contribution is 2.28. The molecule has 5 N–H and O–H groups in total. The van der Waals surface area contributed by atoms with Crippen LogP contribution in [0.1, 0.15) is 41.3 Å². The van der Waals surface area contributed by atoms with Crippen LogP contribution in [0, 0.1) is 0 Å². The van der Waals surface area contributed by atoms with Crippen LogP contribution in [0.5, 0.6) is 5.75 Å². The molecule has 3 rings (SSSR count). The first-order valence-electron chi connectivity index (χ1n) is 9.29. The SMILES string of the molecule is CN(c1ccccc1)[C@@H]1CCC[C@H]1NCC(O)c1ccc(O)c(C(N)=O)c1. The van der Waals surface area contributed by atoms with E-state index in [1.165, 1.54) is 17.8 Å². The summed E-state index contributed by atoms with van der Waals surface area (Å²) in [5, 5.41) is 23.7. The van der Waals surface area contributed by atoms with Crippen LogP contribution in [-0.4, -0.2) is 41.8 Å². The van der Waals surface area contributed by atoms with Crippen LogP contribution in [0.15, 0.2) is 48.5 Å². The summed E-state index contributed by atoms with van der Waals surface area (Å²) in [7, 11) is 2.11. The number of benzene rings is 2. The first kappa shape index (κ1) is 19.2. The number of likely N-dealkylation sites (N-methyl/N-ethyl adjacent to an activating group) is 1. The van der Waals surface area contributed by atoms with E-state index in [9.17, 15) is 15.0 Å². The van der Waals surface area contributed by atoms with Crippen molar-refractivity contribution < 1.29 is 15.0 Å². The number of phenols is 1. The number of nitrogens with two attached hydrogens (primary N) is 1. The molecule has 0 aliphatic heterocycles. The minimum absolute atomic E-state index is 0.0223. The molecule has 1 amide bonds. The molecule has 1 aliphatic carbocycles. The van der Waals surface area contributed by atoms with E-state index in [-0.39, 0.29) is 17.4 Å². The molecule has 27 heavy (non-hydrogen) atoms. The molecule has 6 heteroatoms. The molecule has 0 aromatic heterocycles. The Labute approximate surface area is 159 Å². The zero-order chi connectivity index (χ0) is 19.4. The molecule has 0 spiro atoms. The van der Waals surface area contributed by atoms with Gasteiger partial charge >= 0.3 is 0 Å². The number of nitrogens with one attached hydrogen (secondary N) is 1. The Morgan fingerprint density at radius 2 is 2.00 bits per heavy atom. The van der Waals surface area contributed by atoms with E-state index in [0.29, 0.717) is 18.2 Å². The number of aromatic hydroxyl groups is 1. The van der Waals surface area contributed by atoms with Crippen molar-refractivity contribution in [2.75, 3.05) is 18.5 Å². The van der Waals surface area contributed by atoms with Crippen LogP contribution in [0.2, 0.25) is 0 Å². The average molecular weight is 369 g/mol. The number of anilines is 1. The Hall–Kier alpha value is -2.57. The normalized spacial score (nSPS) is 20.4. The summed E-state index contributed by atoms with van der Waals surface area (Å²) < 4.78 is 0. The van der Waals surface area contributed by atoms with Gasteiger partial charge in [-0.3, -0.25) is 4.79 Å². The van der Waals surface area contributed by atoms with Gasteiger partial charge in [0.25, 0.3) is 5.91 Å². The predicted octanol–water partition coefficient (Wildman–Crippen LogP) is 2.17. The van der Waals surface area contributed by atoms with E-state index in [1.807, 2.05) is 18.2 Å². The number of carbonyl (C=O) groups is 1. The van der Waals surface area contributed by atoms with Crippen molar-refractivity contribution in [2.24, 2.45) is 5.73 Å². The number of rotatable bonds is 7. The number of para-hydroxylation sites is 1. The fraction of sp³-hybridized carbons (Fsp3) is 0.381. The zero-order valence-electron chi connectivity index (χ0n) is 15.5. The van der Waals surface area contributed by atoms with Crippen molar-refractivity contribution in [1.82, 2.24) is 5.32 Å². The first-order valence-corrected chi connectivity index (χ1v) is 9.29. The maximum absolute atomic E-state index is 11.4. The Kier molecular flexibility index (Phi) is 5.98. The highest BCUT2D eigenvalue weighted by molar-refractivity contribution is 5.95. The van der Waals surface area contributed by atoms with Gasteiger partial charge in [0, 0.05) is 31.4 Å². The molecular formula is C21H27N3O3. The molecule has 2 aromatic carbocycles. The molecule has 0 bridgehead atoms. The Balaban J connectivity index is 1.63. The summed E-state index contributed by atoms with van der Waals surface area (Å²) >= 11 is 0. The van der Waals surface area contributed by atoms with Crippen LogP contribution >= 0.6 is 0 Å². The predicted molar refractivity (Wildman–Crippen MR) is 106 cm³/mol. The molecule has 0 heterocycles. The highest BCUT2D eigenvalue weighted by Gasteiger charge is 2.30. The maximum Gasteiger partial charge on any atom is 0.252 e. The topological polar surface area (TPSA) is 98.8 Å². The van der Waals surface area contributed by atoms with Crippen LogP contribution in [-0.2, 0) is 0 Å². The lowest BCUT2D eigenvalue weighted by atomic mass is 10.0. The number of nitrogens with zero attached hydrogens (tertiary/aromatic N) is 1. The van der Waals surface area contributed by atoms with Crippen molar-refractivity contribution >= 4 is 11.6 Å². The molecule has 6 nitrogen and oxygen atoms in total. The average Bonchev–Trinajstić information content (AvgIpc) is 3.15. The van der Waals surface area contributed by atoms with Gasteiger partial charge in [0.05, 0.1) is 11.7 Å². The summed E-state index contributed by atoms with van der Waals surface area (Å²) in [6, 6.07) is 15.4. The monoisotopic (exact) mass is 369 g/mol. The number of aliphatic hydroxyl groups is 1. The van der Waals surface area contributed by atoms with E-state index in [1.54, 1.807) is 6.07 Å². The minimum atomic E-state index is -0.785. The van der Waals surface area contributed by atoms with Crippen molar-refractivity contribution in [2.45, 2.75) is 37.5 Å². The van der Waals surface area contributed by atoms with Gasteiger partial charge in [-0.1, -0.05) is 24.3 Å². The number of carbonyl (C=O) groups excluding carboxylic acids is 1. The lowest BCUT2D eigenvalue weighted by molar-refractivity contribution is 0.0997. The van der Waals surface area contributed by atoms with Crippen molar-refractivity contribution in [3.63, 3.8) is 0 Å². The molecule has 1 saturated carbocycles. The molecular weight excluding hydrogens is 342 g/mol. The zero-order valence-corrected chi connectivity index (χ0v) is 15.5. The Bertz CT molecular complexity index is 781. The summed E-state index contributed by atoms with van der Waals surface area (Å²) in [5.41, 5.74) is 7.02. The standard InChI is InChI=1S/C21H27N3O3/c1-24(15-6-3-2-4-7-15)18-9-5-8-17(18)23-13-20(26)14-10-11-19(25)16(12-14)21(22)27/h2-4,6-7,10-12,17-18,20,23,25-26H,5,8-9,13H2,1H3,(H2,22,27)/t17-,18-,20?/m1/s1. The lowest BCUT2D eigenvalue weighted by Gasteiger charge is -2.32. The largest absolute Gasteiger partial charge is 0.507 e. The summed E-state index contributed by atoms with van der Waals surface area (Å²) in [5.74, 6) is -0.887. The molecule has 1 aliphatic rings. The van der Waals surface area contributed by atoms with Gasteiger partial charge in [0.2, 0.25) is 0 Å². The molecule has 144 valence electrons. The van der Waals surface area contributed by atoms with Crippen LogP contribution in [0.4, 0.5) is 5.69 Å². The van der Waals surface area contributed by atoms with E-state index in [2.05, 4.69) is 29.4 Å². The van der Waals surface area contributed by atoms with Crippen molar-refractivity contribution in [3.05, 3.63) is 59.7 Å². The van der Waals surface area contributed by atoms with Gasteiger partial charge in [-0.15, -0.1) is 0 Å². The molecule has 0 saturated heterocycles. The van der Waals surface area contributed by atoms with Gasteiger partial charge in [-0.25, -0.2) is 0 Å². The van der Waals surface area contributed by atoms with E-state index in [0.717, 1.165) is 19.3 Å². The van der Waals surface area contributed by atoms with Crippen LogP contribution in [0.3, 0.4) is 0 Å². The highest BCUT2D eigenvalue weighted by atomic mass is 16.3. The molecule has 1 unspecified atom stereocenters. The Morgan fingerprint density at radius 3 is 2.70 bits per heavy atom. The Morgan fingerprint density at radius 1 is 1.26 bits per heavy atom. The quantitative estimate of drug-likeness (QED) is 0.600. The summed E-state index contributed by atoms with van der Waals surface area (Å²) in [6.07, 6.45) is 2.51. The van der Waals surface area contributed by atoms with Gasteiger partial charge in [-0.05, 0) is 49.1 Å². The molecule has 3 atom stereocenters. The summed E-state index contributed by atoms with van der Waals surface area (Å²) in [6.45, 7) is 0.368. The van der Waals surface area contributed by atoms with Gasteiger partial charge in [0.15, 0.2) is 0 Å². The smallest absolute Gasteiger partial charge is 0.252 e. The van der Waals surface area contributed by atoms with Crippen LogP contribution in [0.25, 0.3) is 0 Å². The summed E-state index contributed by atoms with van der Waals surface area (Å²) in [4.78, 5) is 13.7. The number of primary amides is 1. The number of amides is 1. The second kappa shape index (κ2) is 8.41. The fourth-order valence-corrected chi connectivity index (χ4v) is 3.84. The van der Waals surface area contributed by atoms with Gasteiger partial charge < -0.3 is 26.2 Å². The molecule has 0 radical (unpaired) electrons. The maximum atomic E-state index is 11.4. The number of aliphatic hydroxyl groups excluding tert-OH is 1. The second-order valence-corrected chi connectivity index (χ2v) is 7.12. The van der Waals surface area contributed by atoms with Gasteiger partial charge in [0.1, 0.15) is 5.75 Å². The van der Waals surface area contributed by atoms with Gasteiger partial charge in [-0.2, -0.15) is 0 Å². The third kappa shape index (κ3) is 4.40. The van der Waals surface area contributed by atoms with E-state index < -0.39 is 12.0 Å². The lowest BCUT2D eigenvalue weighted by Crippen LogP contribution is -2.46. The second-order valence-electron chi connectivity index (χ2n) is 7.12. The minimum Gasteiger partial charge on any atom is -0.507 e. The van der Waals surface area contributed by atoms with E-state index >= 15 is 0 Å². The number of hydrogen-bond acceptors (Lipinski definition) is 5. The molecule has 2 aromatic rings. The third-order valence-corrected chi connectivity index (χ3v) is 5.38. The van der Waals surface area contributed by atoms with Crippen molar-refractivity contribution in [3.8, 4) is 5.75 Å². The van der Waals surface area contributed by atoms with Crippen LogP contribution < -0.4 is 16.0 Å². The third-order valence-electron chi connectivity index (χ3n) is 5.38. The van der Waals surface area contributed by atoms with Crippen molar-refractivity contribution in [1.29, 1.82) is 0 Å².